The maximum absolute atomic E-state index is 11.1. The van der Waals surface area contributed by atoms with Gasteiger partial charge in [0.05, 0.1) is 0 Å². The van der Waals surface area contributed by atoms with Crippen LogP contribution in [0.5, 0.6) is 0 Å². The summed E-state index contributed by atoms with van der Waals surface area (Å²) in [5.74, 6) is 0. The molecule has 0 saturated heterocycles. The Hall–Kier alpha value is -2.22. The molecule has 0 aliphatic carbocycles. The first-order valence-corrected chi connectivity index (χ1v) is 7.57. The maximum atomic E-state index is 11.1. The summed E-state index contributed by atoms with van der Waals surface area (Å²) in [7, 11) is 0. The molecule has 2 nitrogen and oxygen atoms in total. The summed E-state index contributed by atoms with van der Waals surface area (Å²) in [5, 5.41) is 0. The van der Waals surface area contributed by atoms with Crippen molar-refractivity contribution < 1.29 is 9.59 Å². The number of carbonyl (C=O) groups excluding carboxylic acids is 2. The van der Waals surface area contributed by atoms with Crippen LogP contribution in [0.4, 0.5) is 0 Å². The molecule has 114 valence electrons. The molecule has 22 heavy (non-hydrogen) atoms. The Morgan fingerprint density at radius 2 is 1.05 bits per heavy atom. The van der Waals surface area contributed by atoms with Gasteiger partial charge in [-0.2, -0.15) is 0 Å². The zero-order valence-electron chi connectivity index (χ0n) is 13.7. The smallest absolute Gasteiger partial charge is 0.150 e. The van der Waals surface area contributed by atoms with Crippen molar-refractivity contribution in [3.63, 3.8) is 0 Å². The average molecular weight is 294 g/mol. The van der Waals surface area contributed by atoms with Crippen LogP contribution >= 0.6 is 0 Å². The number of rotatable bonds is 5. The van der Waals surface area contributed by atoms with Gasteiger partial charge in [0.25, 0.3) is 0 Å². The Labute approximate surface area is 132 Å². The van der Waals surface area contributed by atoms with E-state index in [4.69, 9.17) is 0 Å². The van der Waals surface area contributed by atoms with Gasteiger partial charge in [-0.05, 0) is 74.9 Å². The molecule has 0 N–H and O–H groups in total. The first-order valence-electron chi connectivity index (χ1n) is 7.57. The lowest BCUT2D eigenvalue weighted by atomic mass is 9.92. The van der Waals surface area contributed by atoms with Crippen molar-refractivity contribution in [1.29, 1.82) is 0 Å². The van der Waals surface area contributed by atoms with Crippen molar-refractivity contribution in [1.82, 2.24) is 0 Å². The highest BCUT2D eigenvalue weighted by Gasteiger charge is 2.09. The van der Waals surface area contributed by atoms with Crippen LogP contribution in [0, 0.1) is 27.7 Å². The van der Waals surface area contributed by atoms with Crippen LogP contribution in [0.2, 0.25) is 0 Å². The highest BCUT2D eigenvalue weighted by atomic mass is 16.1. The van der Waals surface area contributed by atoms with Gasteiger partial charge in [-0.15, -0.1) is 0 Å². The first kappa shape index (κ1) is 16.2. The fourth-order valence-electron chi connectivity index (χ4n) is 2.96. The summed E-state index contributed by atoms with van der Waals surface area (Å²) < 4.78 is 0. The predicted molar refractivity (Wildman–Crippen MR) is 90.0 cm³/mol. The number of hydrogen-bond donors (Lipinski definition) is 0. The Bertz CT molecular complexity index is 663. The Morgan fingerprint density at radius 1 is 0.682 bits per heavy atom. The van der Waals surface area contributed by atoms with Crippen LogP contribution < -0.4 is 0 Å². The van der Waals surface area contributed by atoms with Gasteiger partial charge >= 0.3 is 0 Å². The van der Waals surface area contributed by atoms with Crippen molar-refractivity contribution in [2.75, 3.05) is 0 Å². The van der Waals surface area contributed by atoms with Crippen molar-refractivity contribution in [2.24, 2.45) is 0 Å². The lowest BCUT2D eigenvalue weighted by Crippen LogP contribution is -2.02. The van der Waals surface area contributed by atoms with Crippen LogP contribution in [0.1, 0.15) is 54.1 Å². The van der Waals surface area contributed by atoms with E-state index >= 15 is 0 Å². The highest BCUT2D eigenvalue weighted by molar-refractivity contribution is 5.79. The van der Waals surface area contributed by atoms with E-state index in [-0.39, 0.29) is 0 Å². The molecule has 0 unspecified atom stereocenters. The molecule has 0 amide bonds. The summed E-state index contributed by atoms with van der Waals surface area (Å²) in [5.41, 5.74) is 8.28. The van der Waals surface area contributed by atoms with Gasteiger partial charge in [-0.25, -0.2) is 0 Å². The van der Waals surface area contributed by atoms with E-state index in [2.05, 4.69) is 12.1 Å². The summed E-state index contributed by atoms with van der Waals surface area (Å²) in [6.07, 6.45) is 3.59. The van der Waals surface area contributed by atoms with Crippen LogP contribution in [0.3, 0.4) is 0 Å². The highest BCUT2D eigenvalue weighted by Crippen LogP contribution is 2.21. The normalized spacial score (nSPS) is 10.5. The van der Waals surface area contributed by atoms with E-state index in [9.17, 15) is 9.59 Å². The summed E-state index contributed by atoms with van der Waals surface area (Å²) in [6, 6.07) is 8.14. The van der Waals surface area contributed by atoms with Crippen LogP contribution in [-0.4, -0.2) is 12.6 Å². The van der Waals surface area contributed by atoms with Crippen LogP contribution in [-0.2, 0) is 12.8 Å². The molecule has 0 aliphatic heterocycles. The molecule has 0 bridgehead atoms. The van der Waals surface area contributed by atoms with Gasteiger partial charge in [0, 0.05) is 11.1 Å². The van der Waals surface area contributed by atoms with Crippen LogP contribution in [0.15, 0.2) is 24.3 Å². The van der Waals surface area contributed by atoms with E-state index in [1.54, 1.807) is 0 Å². The molecule has 2 heteroatoms. The number of aryl methyl sites for hydroxylation is 4. The minimum Gasteiger partial charge on any atom is -0.298 e. The van der Waals surface area contributed by atoms with E-state index < -0.39 is 0 Å². The minimum atomic E-state index is 0.768. The summed E-state index contributed by atoms with van der Waals surface area (Å²) in [4.78, 5) is 22.3. The number of hydrogen-bond acceptors (Lipinski definition) is 2. The SMILES string of the molecule is Cc1cc(C=O)c(C)c(CCc2cc(C)cc(C=O)c2C)c1. The second-order valence-electron chi connectivity index (χ2n) is 6.01. The zero-order chi connectivity index (χ0) is 16.3. The molecule has 0 spiro atoms. The number of aldehydes is 2. The summed E-state index contributed by atoms with van der Waals surface area (Å²) >= 11 is 0. The Kier molecular flexibility index (Phi) is 4.92. The second kappa shape index (κ2) is 6.69. The molecule has 2 aromatic carbocycles. The number of carbonyl (C=O) groups is 2. The lowest BCUT2D eigenvalue weighted by Gasteiger charge is -2.13. The predicted octanol–water partition coefficient (Wildman–Crippen LogP) is 4.33. The largest absolute Gasteiger partial charge is 0.298 e. The van der Waals surface area contributed by atoms with Gasteiger partial charge < -0.3 is 0 Å². The Balaban J connectivity index is 2.31. The van der Waals surface area contributed by atoms with Gasteiger partial charge in [-0.1, -0.05) is 23.3 Å². The van der Waals surface area contributed by atoms with Crippen molar-refractivity contribution >= 4 is 12.6 Å². The number of benzene rings is 2. The molecule has 0 aliphatic rings. The van der Waals surface area contributed by atoms with Gasteiger partial charge in [0.2, 0.25) is 0 Å². The third-order valence-corrected chi connectivity index (χ3v) is 4.32. The van der Waals surface area contributed by atoms with Crippen LogP contribution in [0.25, 0.3) is 0 Å². The second-order valence-corrected chi connectivity index (χ2v) is 6.01. The maximum Gasteiger partial charge on any atom is 0.150 e. The molecule has 0 heterocycles. The molecule has 0 aromatic heterocycles. The molecule has 0 saturated carbocycles. The van der Waals surface area contributed by atoms with E-state index in [0.29, 0.717) is 0 Å². The molecule has 2 aromatic rings. The molecule has 0 atom stereocenters. The quantitative estimate of drug-likeness (QED) is 0.769. The fraction of sp³-hybridized carbons (Fsp3) is 0.300. The van der Waals surface area contributed by atoms with Gasteiger partial charge in [0.1, 0.15) is 12.6 Å². The molecule has 2 rings (SSSR count). The van der Waals surface area contributed by atoms with E-state index in [1.807, 2.05) is 39.8 Å². The van der Waals surface area contributed by atoms with Crippen molar-refractivity contribution in [3.05, 3.63) is 68.8 Å². The minimum absolute atomic E-state index is 0.768. The molecular weight excluding hydrogens is 272 g/mol. The third-order valence-electron chi connectivity index (χ3n) is 4.32. The molecule has 0 radical (unpaired) electrons. The van der Waals surface area contributed by atoms with Crippen molar-refractivity contribution in [2.45, 2.75) is 40.5 Å². The standard InChI is InChI=1S/C20H22O2/c1-13-7-17(15(3)19(9-13)11-21)5-6-18-8-14(2)10-20(12-22)16(18)4/h7-12H,5-6H2,1-4H3. The Morgan fingerprint density at radius 3 is 1.36 bits per heavy atom. The average Bonchev–Trinajstić information content (AvgIpc) is 2.50. The lowest BCUT2D eigenvalue weighted by molar-refractivity contribution is 0.111. The van der Waals surface area contributed by atoms with Gasteiger partial charge in [-0.3, -0.25) is 9.59 Å². The topological polar surface area (TPSA) is 34.1 Å². The summed E-state index contributed by atoms with van der Waals surface area (Å²) in [6.45, 7) is 8.02. The van der Waals surface area contributed by atoms with Crippen molar-refractivity contribution in [3.8, 4) is 0 Å². The molecule has 0 fully saturated rings. The van der Waals surface area contributed by atoms with Gasteiger partial charge in [0.15, 0.2) is 0 Å². The fourth-order valence-corrected chi connectivity index (χ4v) is 2.96. The van der Waals surface area contributed by atoms with E-state index in [1.165, 1.54) is 11.1 Å². The van der Waals surface area contributed by atoms with E-state index in [0.717, 1.165) is 58.8 Å². The molecular formula is C20H22O2. The monoisotopic (exact) mass is 294 g/mol. The third kappa shape index (κ3) is 3.33. The first-order chi connectivity index (χ1) is 10.5. The zero-order valence-corrected chi connectivity index (χ0v) is 13.7.